The van der Waals surface area contributed by atoms with Crippen LogP contribution in [0.1, 0.15) is 37.4 Å². The van der Waals surface area contributed by atoms with Crippen LogP contribution in [0.15, 0.2) is 53.4 Å². The van der Waals surface area contributed by atoms with Crippen LogP contribution in [0.4, 0.5) is 0 Å². The topological polar surface area (TPSA) is 38.3 Å². The quantitative estimate of drug-likeness (QED) is 0.737. The molecule has 128 valence electrons. The van der Waals surface area contributed by atoms with E-state index >= 15 is 0 Å². The molecule has 0 saturated heterocycles. The van der Waals surface area contributed by atoms with Gasteiger partial charge in [0.2, 0.25) is 5.91 Å². The highest BCUT2D eigenvalue weighted by Gasteiger charge is 2.19. The number of carbonyl (C=O) groups excluding carboxylic acids is 1. The van der Waals surface area contributed by atoms with Crippen LogP contribution in [0.25, 0.3) is 0 Å². The number of methoxy groups -OCH3 is 1. The van der Waals surface area contributed by atoms with Gasteiger partial charge in [-0.15, -0.1) is 11.8 Å². The maximum atomic E-state index is 12.5. The Morgan fingerprint density at radius 3 is 2.50 bits per heavy atom. The molecule has 0 aliphatic heterocycles. The first-order chi connectivity index (χ1) is 11.5. The summed E-state index contributed by atoms with van der Waals surface area (Å²) in [6.45, 7) is 6.04. The zero-order valence-electron chi connectivity index (χ0n) is 14.7. The zero-order valence-corrected chi connectivity index (χ0v) is 15.5. The Morgan fingerprint density at radius 2 is 1.92 bits per heavy atom. The molecule has 2 aromatic rings. The highest BCUT2D eigenvalue weighted by molar-refractivity contribution is 8.00. The molecule has 0 heterocycles. The van der Waals surface area contributed by atoms with Gasteiger partial charge in [0.25, 0.3) is 0 Å². The second kappa shape index (κ2) is 8.78. The number of amides is 1. The molecule has 3 nitrogen and oxygen atoms in total. The number of carbonyl (C=O) groups is 1. The third-order valence-corrected chi connectivity index (χ3v) is 5.08. The second-order valence-corrected chi connectivity index (χ2v) is 7.19. The number of aryl methyl sites for hydroxylation is 1. The van der Waals surface area contributed by atoms with Crippen molar-refractivity contribution in [3.05, 3.63) is 59.7 Å². The van der Waals surface area contributed by atoms with Gasteiger partial charge in [-0.2, -0.15) is 0 Å². The predicted molar refractivity (Wildman–Crippen MR) is 101 cm³/mol. The number of hydrogen-bond donors (Lipinski definition) is 1. The lowest BCUT2D eigenvalue weighted by Crippen LogP contribution is -2.34. The first-order valence-corrected chi connectivity index (χ1v) is 9.09. The fourth-order valence-electron chi connectivity index (χ4n) is 2.59. The zero-order chi connectivity index (χ0) is 17.5. The van der Waals surface area contributed by atoms with E-state index in [1.807, 2.05) is 56.3 Å². The van der Waals surface area contributed by atoms with Gasteiger partial charge in [-0.05, 0) is 49.6 Å². The SMILES string of the molecule is CC[C@@H](NC(=O)[C@H](C)Sc1ccccc1)c1ccc(OC)c(C)c1. The van der Waals surface area contributed by atoms with Gasteiger partial charge in [0.15, 0.2) is 0 Å². The standard InChI is InChI=1S/C20H25NO2S/c1-5-18(16-11-12-19(23-4)14(2)13-16)21-20(22)15(3)24-17-9-7-6-8-10-17/h6-13,15,18H,5H2,1-4H3,(H,21,22)/t15-,18+/m0/s1. The van der Waals surface area contributed by atoms with Crippen LogP contribution in [0, 0.1) is 6.92 Å². The van der Waals surface area contributed by atoms with Crippen molar-refractivity contribution in [2.75, 3.05) is 7.11 Å². The molecule has 2 rings (SSSR count). The average Bonchev–Trinajstić information content (AvgIpc) is 2.60. The Bertz CT molecular complexity index is 673. The van der Waals surface area contributed by atoms with E-state index < -0.39 is 0 Å². The van der Waals surface area contributed by atoms with Crippen LogP contribution >= 0.6 is 11.8 Å². The molecule has 4 heteroatoms. The van der Waals surface area contributed by atoms with Crippen molar-refractivity contribution in [3.63, 3.8) is 0 Å². The molecule has 24 heavy (non-hydrogen) atoms. The lowest BCUT2D eigenvalue weighted by Gasteiger charge is -2.21. The van der Waals surface area contributed by atoms with Crippen LogP contribution in [0.3, 0.4) is 0 Å². The van der Waals surface area contributed by atoms with E-state index in [0.717, 1.165) is 28.2 Å². The Kier molecular flexibility index (Phi) is 6.73. The normalized spacial score (nSPS) is 13.2. The summed E-state index contributed by atoms with van der Waals surface area (Å²) < 4.78 is 5.31. The van der Waals surface area contributed by atoms with Crippen LogP contribution in [0.5, 0.6) is 5.75 Å². The van der Waals surface area contributed by atoms with Crippen LogP contribution in [0.2, 0.25) is 0 Å². The highest BCUT2D eigenvalue weighted by Crippen LogP contribution is 2.26. The van der Waals surface area contributed by atoms with Gasteiger partial charge >= 0.3 is 0 Å². The largest absolute Gasteiger partial charge is 0.496 e. The first kappa shape index (κ1) is 18.4. The number of nitrogens with one attached hydrogen (secondary N) is 1. The molecule has 0 unspecified atom stereocenters. The monoisotopic (exact) mass is 343 g/mol. The van der Waals surface area contributed by atoms with Gasteiger partial charge < -0.3 is 10.1 Å². The van der Waals surface area contributed by atoms with Crippen LogP contribution in [-0.4, -0.2) is 18.3 Å². The summed E-state index contributed by atoms with van der Waals surface area (Å²) in [5.41, 5.74) is 2.19. The predicted octanol–water partition coefficient (Wildman–Crippen LogP) is 4.75. The fraction of sp³-hybridized carbons (Fsp3) is 0.350. The third-order valence-electron chi connectivity index (χ3n) is 3.97. The van der Waals surface area contributed by atoms with E-state index in [9.17, 15) is 4.79 Å². The summed E-state index contributed by atoms with van der Waals surface area (Å²) in [5.74, 6) is 0.928. The van der Waals surface area contributed by atoms with Gasteiger partial charge in [-0.3, -0.25) is 4.79 Å². The van der Waals surface area contributed by atoms with Gasteiger partial charge in [0, 0.05) is 4.90 Å². The fourth-order valence-corrected chi connectivity index (χ4v) is 3.48. The number of rotatable bonds is 7. The lowest BCUT2D eigenvalue weighted by atomic mass is 10.0. The van der Waals surface area contributed by atoms with E-state index in [0.29, 0.717) is 0 Å². The molecule has 0 fully saturated rings. The average molecular weight is 343 g/mol. The second-order valence-electron chi connectivity index (χ2n) is 5.77. The molecule has 1 amide bonds. The molecular weight excluding hydrogens is 318 g/mol. The summed E-state index contributed by atoms with van der Waals surface area (Å²) in [7, 11) is 1.67. The van der Waals surface area contributed by atoms with Crippen LogP contribution < -0.4 is 10.1 Å². The molecule has 0 radical (unpaired) electrons. The van der Waals surface area contributed by atoms with E-state index in [4.69, 9.17) is 4.74 Å². The number of hydrogen-bond acceptors (Lipinski definition) is 3. The Hall–Kier alpha value is -1.94. The molecule has 0 aliphatic rings. The minimum Gasteiger partial charge on any atom is -0.496 e. The molecule has 2 atom stereocenters. The van der Waals surface area contributed by atoms with Gasteiger partial charge in [0.1, 0.15) is 5.75 Å². The number of benzene rings is 2. The highest BCUT2D eigenvalue weighted by atomic mass is 32.2. The van der Waals surface area contributed by atoms with Gasteiger partial charge in [-0.1, -0.05) is 37.3 Å². The van der Waals surface area contributed by atoms with Crippen molar-refractivity contribution in [1.29, 1.82) is 0 Å². The maximum Gasteiger partial charge on any atom is 0.233 e. The Labute approximate surface area is 148 Å². The Balaban J connectivity index is 2.03. The van der Waals surface area contributed by atoms with E-state index in [1.165, 1.54) is 0 Å². The van der Waals surface area contributed by atoms with Gasteiger partial charge in [-0.25, -0.2) is 0 Å². The number of ether oxygens (including phenoxy) is 1. The molecule has 2 aromatic carbocycles. The van der Waals surface area contributed by atoms with E-state index in [1.54, 1.807) is 18.9 Å². The molecular formula is C20H25NO2S. The molecule has 0 saturated carbocycles. The smallest absolute Gasteiger partial charge is 0.233 e. The number of thioether (sulfide) groups is 1. The summed E-state index contributed by atoms with van der Waals surface area (Å²) in [5, 5.41) is 3.03. The van der Waals surface area contributed by atoms with Crippen molar-refractivity contribution in [2.45, 2.75) is 43.4 Å². The third kappa shape index (κ3) is 4.78. The summed E-state index contributed by atoms with van der Waals surface area (Å²) >= 11 is 1.58. The summed E-state index contributed by atoms with van der Waals surface area (Å²) in [6.07, 6.45) is 0.847. The van der Waals surface area contributed by atoms with Gasteiger partial charge in [0.05, 0.1) is 18.4 Å². The van der Waals surface area contributed by atoms with E-state index in [2.05, 4.69) is 18.3 Å². The molecule has 1 N–H and O–H groups in total. The van der Waals surface area contributed by atoms with Crippen molar-refractivity contribution in [2.24, 2.45) is 0 Å². The summed E-state index contributed by atoms with van der Waals surface area (Å²) in [4.78, 5) is 13.6. The first-order valence-electron chi connectivity index (χ1n) is 8.21. The lowest BCUT2D eigenvalue weighted by molar-refractivity contribution is -0.121. The van der Waals surface area contributed by atoms with Crippen molar-refractivity contribution >= 4 is 17.7 Å². The minimum absolute atomic E-state index is 0.0147. The molecule has 0 bridgehead atoms. The Morgan fingerprint density at radius 1 is 1.21 bits per heavy atom. The van der Waals surface area contributed by atoms with Crippen molar-refractivity contribution in [1.82, 2.24) is 5.32 Å². The maximum absolute atomic E-state index is 12.5. The molecule has 0 aromatic heterocycles. The minimum atomic E-state index is -0.138. The van der Waals surface area contributed by atoms with Crippen LogP contribution in [-0.2, 0) is 4.79 Å². The molecule has 0 spiro atoms. The van der Waals surface area contributed by atoms with Crippen molar-refractivity contribution < 1.29 is 9.53 Å². The molecule has 0 aliphatic carbocycles. The van der Waals surface area contributed by atoms with E-state index in [-0.39, 0.29) is 17.2 Å². The van der Waals surface area contributed by atoms with Crippen molar-refractivity contribution in [3.8, 4) is 5.75 Å². The summed E-state index contributed by atoms with van der Waals surface area (Å²) in [6, 6.07) is 16.1.